The number of thioether (sulfide) groups is 1. The van der Waals surface area contributed by atoms with Gasteiger partial charge in [-0.25, -0.2) is 5.43 Å². The van der Waals surface area contributed by atoms with E-state index in [0.29, 0.717) is 22.0 Å². The predicted octanol–water partition coefficient (Wildman–Crippen LogP) is 5.20. The molecule has 7 nitrogen and oxygen atoms in total. The van der Waals surface area contributed by atoms with E-state index >= 15 is 0 Å². The van der Waals surface area contributed by atoms with E-state index in [1.165, 1.54) is 43.3 Å². The van der Waals surface area contributed by atoms with Crippen molar-refractivity contribution in [3.63, 3.8) is 0 Å². The SMILES string of the molecule is COc1cc(NC(=O)CSc2ccc(Cl)cc2)ccc1/C=N/NC(=O)c1ccc(O)c(Cl)c1. The molecule has 3 rings (SSSR count). The smallest absolute Gasteiger partial charge is 0.271 e. The monoisotopic (exact) mass is 503 g/mol. The summed E-state index contributed by atoms with van der Waals surface area (Å²) in [6.45, 7) is 0. The fourth-order valence-corrected chi connectivity index (χ4v) is 3.65. The molecule has 0 radical (unpaired) electrons. The molecule has 3 N–H and O–H groups in total. The number of nitrogens with zero attached hydrogens (tertiary/aromatic N) is 1. The number of methoxy groups -OCH3 is 1. The van der Waals surface area contributed by atoms with Crippen LogP contribution in [-0.2, 0) is 4.79 Å². The first-order valence-corrected chi connectivity index (χ1v) is 11.3. The minimum atomic E-state index is -0.491. The Kier molecular flexibility index (Phi) is 8.59. The van der Waals surface area contributed by atoms with E-state index in [-0.39, 0.29) is 28.0 Å². The highest BCUT2D eigenvalue weighted by molar-refractivity contribution is 8.00. The molecule has 33 heavy (non-hydrogen) atoms. The third-order valence-corrected chi connectivity index (χ3v) is 5.85. The van der Waals surface area contributed by atoms with Gasteiger partial charge in [-0.3, -0.25) is 9.59 Å². The number of aromatic hydroxyl groups is 1. The number of phenols is 1. The van der Waals surface area contributed by atoms with Gasteiger partial charge in [0.25, 0.3) is 5.91 Å². The zero-order chi connectivity index (χ0) is 23.8. The summed E-state index contributed by atoms with van der Waals surface area (Å²) >= 11 is 13.1. The lowest BCUT2D eigenvalue weighted by atomic mass is 10.2. The summed E-state index contributed by atoms with van der Waals surface area (Å²) < 4.78 is 5.36. The van der Waals surface area contributed by atoms with E-state index < -0.39 is 5.91 Å². The van der Waals surface area contributed by atoms with Crippen LogP contribution in [0.5, 0.6) is 11.5 Å². The molecule has 0 saturated heterocycles. The second-order valence-corrected chi connectivity index (χ2v) is 8.51. The van der Waals surface area contributed by atoms with Crippen LogP contribution in [0.15, 0.2) is 70.7 Å². The van der Waals surface area contributed by atoms with Crippen molar-refractivity contribution < 1.29 is 19.4 Å². The molecule has 170 valence electrons. The molecule has 0 unspecified atom stereocenters. The predicted molar refractivity (Wildman–Crippen MR) is 132 cm³/mol. The molecule has 2 amide bonds. The largest absolute Gasteiger partial charge is 0.506 e. The molecule has 3 aromatic carbocycles. The van der Waals surface area contributed by atoms with Crippen LogP contribution in [0.2, 0.25) is 10.0 Å². The van der Waals surface area contributed by atoms with Crippen molar-refractivity contribution in [3.05, 3.63) is 81.8 Å². The Morgan fingerprint density at radius 3 is 2.55 bits per heavy atom. The second-order valence-electron chi connectivity index (χ2n) is 6.61. The van der Waals surface area contributed by atoms with Gasteiger partial charge in [0.05, 0.1) is 24.1 Å². The van der Waals surface area contributed by atoms with E-state index in [0.717, 1.165) is 4.90 Å². The molecule has 0 heterocycles. The number of benzene rings is 3. The van der Waals surface area contributed by atoms with Gasteiger partial charge in [0.1, 0.15) is 11.5 Å². The van der Waals surface area contributed by atoms with Crippen molar-refractivity contribution in [2.24, 2.45) is 5.10 Å². The number of rotatable bonds is 8. The van der Waals surface area contributed by atoms with E-state index in [4.69, 9.17) is 27.9 Å². The van der Waals surface area contributed by atoms with Crippen molar-refractivity contribution in [3.8, 4) is 11.5 Å². The number of hydrogen-bond acceptors (Lipinski definition) is 6. The average Bonchev–Trinajstić information content (AvgIpc) is 2.81. The molecule has 0 atom stereocenters. The van der Waals surface area contributed by atoms with E-state index in [9.17, 15) is 14.7 Å². The fraction of sp³-hybridized carbons (Fsp3) is 0.0870. The number of amides is 2. The highest BCUT2D eigenvalue weighted by Crippen LogP contribution is 2.25. The maximum absolute atomic E-state index is 12.3. The molecule has 0 aromatic heterocycles. The number of halogens is 2. The molecule has 0 spiro atoms. The number of hydrogen-bond donors (Lipinski definition) is 3. The third kappa shape index (κ3) is 7.15. The maximum Gasteiger partial charge on any atom is 0.271 e. The Morgan fingerprint density at radius 2 is 1.85 bits per heavy atom. The zero-order valence-corrected chi connectivity index (χ0v) is 19.7. The standard InChI is InChI=1S/C23H19Cl2N3O4S/c1-32-21-11-17(27-22(30)13-33-18-7-4-16(24)5-8-18)6-2-15(21)12-26-28-23(31)14-3-9-20(29)19(25)10-14/h2-12,29H,13H2,1H3,(H,27,30)(H,28,31)/b26-12+. The molecule has 0 aliphatic rings. The molecular weight excluding hydrogens is 485 g/mol. The van der Waals surface area contributed by atoms with Gasteiger partial charge in [0, 0.05) is 32.8 Å². The van der Waals surface area contributed by atoms with Crippen LogP contribution < -0.4 is 15.5 Å². The van der Waals surface area contributed by atoms with Crippen LogP contribution in [0.25, 0.3) is 0 Å². The summed E-state index contributed by atoms with van der Waals surface area (Å²) in [5.74, 6) is -0.0750. The summed E-state index contributed by atoms with van der Waals surface area (Å²) in [6, 6.07) is 16.4. The molecule has 0 aliphatic carbocycles. The first-order chi connectivity index (χ1) is 15.9. The van der Waals surface area contributed by atoms with E-state index in [1.807, 2.05) is 12.1 Å². The van der Waals surface area contributed by atoms with Gasteiger partial charge >= 0.3 is 0 Å². The zero-order valence-electron chi connectivity index (χ0n) is 17.3. The lowest BCUT2D eigenvalue weighted by Gasteiger charge is -2.09. The fourth-order valence-electron chi connectivity index (χ4n) is 2.65. The van der Waals surface area contributed by atoms with Crippen LogP contribution in [0.3, 0.4) is 0 Å². The van der Waals surface area contributed by atoms with E-state index in [1.54, 1.807) is 30.3 Å². The first kappa shape index (κ1) is 24.4. The lowest BCUT2D eigenvalue weighted by Crippen LogP contribution is -2.17. The summed E-state index contributed by atoms with van der Waals surface area (Å²) in [5.41, 5.74) is 3.78. The van der Waals surface area contributed by atoms with Crippen molar-refractivity contribution in [2.75, 3.05) is 18.2 Å². The first-order valence-electron chi connectivity index (χ1n) is 9.54. The Morgan fingerprint density at radius 1 is 1.09 bits per heavy atom. The molecule has 0 bridgehead atoms. The number of ether oxygens (including phenoxy) is 1. The molecule has 3 aromatic rings. The highest BCUT2D eigenvalue weighted by atomic mass is 35.5. The Bertz CT molecular complexity index is 1190. The second kappa shape index (κ2) is 11.6. The van der Waals surface area contributed by atoms with Crippen molar-refractivity contribution in [1.29, 1.82) is 0 Å². The van der Waals surface area contributed by atoms with Crippen molar-refractivity contribution >= 4 is 58.7 Å². The van der Waals surface area contributed by atoms with Gasteiger partial charge < -0.3 is 15.2 Å². The number of carbonyl (C=O) groups excluding carboxylic acids is 2. The molecule has 0 saturated carbocycles. The summed E-state index contributed by atoms with van der Waals surface area (Å²) in [7, 11) is 1.49. The van der Waals surface area contributed by atoms with Crippen LogP contribution in [0.1, 0.15) is 15.9 Å². The van der Waals surface area contributed by atoms with Gasteiger partial charge in [-0.2, -0.15) is 5.10 Å². The number of nitrogens with one attached hydrogen (secondary N) is 2. The number of phenolic OH excluding ortho intramolecular Hbond substituents is 1. The minimum Gasteiger partial charge on any atom is -0.506 e. The molecular formula is C23H19Cl2N3O4S. The number of carbonyl (C=O) groups is 2. The highest BCUT2D eigenvalue weighted by Gasteiger charge is 2.09. The molecule has 10 heteroatoms. The Balaban J connectivity index is 1.58. The average molecular weight is 504 g/mol. The summed E-state index contributed by atoms with van der Waals surface area (Å²) in [4.78, 5) is 25.4. The number of anilines is 1. The lowest BCUT2D eigenvalue weighted by molar-refractivity contribution is -0.113. The topological polar surface area (TPSA) is 100 Å². The minimum absolute atomic E-state index is 0.0671. The molecule has 0 aliphatic heterocycles. The van der Waals surface area contributed by atoms with Crippen LogP contribution in [0.4, 0.5) is 5.69 Å². The van der Waals surface area contributed by atoms with Gasteiger partial charge in [0.2, 0.25) is 5.91 Å². The van der Waals surface area contributed by atoms with Gasteiger partial charge in [0.15, 0.2) is 0 Å². The summed E-state index contributed by atoms with van der Waals surface area (Å²) in [5, 5.41) is 16.9. The van der Waals surface area contributed by atoms with Crippen LogP contribution in [-0.4, -0.2) is 36.0 Å². The Labute approximate surface area is 204 Å². The third-order valence-electron chi connectivity index (χ3n) is 4.28. The normalized spacial score (nSPS) is 10.8. The number of hydrazone groups is 1. The van der Waals surface area contributed by atoms with Gasteiger partial charge in [-0.1, -0.05) is 23.2 Å². The Hall–Kier alpha value is -3.20. The van der Waals surface area contributed by atoms with Gasteiger partial charge in [-0.15, -0.1) is 11.8 Å². The maximum atomic E-state index is 12.3. The van der Waals surface area contributed by atoms with Gasteiger partial charge in [-0.05, 0) is 54.6 Å². The van der Waals surface area contributed by atoms with Crippen LogP contribution in [0, 0.1) is 0 Å². The van der Waals surface area contributed by atoms with E-state index in [2.05, 4.69) is 15.8 Å². The van der Waals surface area contributed by atoms with Crippen LogP contribution >= 0.6 is 35.0 Å². The quantitative estimate of drug-likeness (QED) is 0.222. The molecule has 0 fully saturated rings. The van der Waals surface area contributed by atoms with Crippen molar-refractivity contribution in [1.82, 2.24) is 5.43 Å². The van der Waals surface area contributed by atoms with Crippen molar-refractivity contribution in [2.45, 2.75) is 4.90 Å². The summed E-state index contributed by atoms with van der Waals surface area (Å²) in [6.07, 6.45) is 1.42.